The molecule has 0 aliphatic heterocycles. The highest BCUT2D eigenvalue weighted by atomic mass is 16.5. The first kappa shape index (κ1) is 21.3. The Morgan fingerprint density at radius 1 is 0.815 bits per heavy atom. The molecular weight excluding hydrogens is 334 g/mol. The van der Waals surface area contributed by atoms with Crippen LogP contribution in [0.25, 0.3) is 11.3 Å². The van der Waals surface area contributed by atoms with Crippen LogP contribution >= 0.6 is 0 Å². The lowest BCUT2D eigenvalue weighted by molar-refractivity contribution is 0.282. The lowest BCUT2D eigenvalue weighted by Gasteiger charge is -2.10. The van der Waals surface area contributed by atoms with Crippen molar-refractivity contribution in [2.75, 3.05) is 13.2 Å². The van der Waals surface area contributed by atoms with Crippen molar-refractivity contribution in [2.24, 2.45) is 5.92 Å². The van der Waals surface area contributed by atoms with Gasteiger partial charge in [0.1, 0.15) is 11.5 Å². The minimum absolute atomic E-state index is 0.713. The van der Waals surface area contributed by atoms with Crippen LogP contribution in [-0.4, -0.2) is 18.2 Å². The number of benzene rings is 1. The zero-order valence-corrected chi connectivity index (χ0v) is 17.2. The molecule has 0 aliphatic carbocycles. The molecule has 27 heavy (non-hydrogen) atoms. The Balaban J connectivity index is 1.77. The third-order valence-corrected chi connectivity index (χ3v) is 4.98. The highest BCUT2D eigenvalue weighted by Crippen LogP contribution is 2.23. The first-order chi connectivity index (χ1) is 13.2. The van der Waals surface area contributed by atoms with Gasteiger partial charge in [0.25, 0.3) is 0 Å². The van der Waals surface area contributed by atoms with E-state index in [1.807, 2.05) is 30.5 Å². The Bertz CT molecular complexity index is 622. The number of ether oxygens (including phenoxy) is 2. The standard InChI is InChI=1S/C24H35NO2/c1-4-6-7-8-9-17-26-23-14-15-24(25-19-23)21-10-12-22(13-11-21)27-18-16-20(3)5-2/h10-15,19-20H,4-9,16-18H2,1-3H3. The molecule has 0 saturated heterocycles. The Morgan fingerprint density at radius 2 is 1.52 bits per heavy atom. The molecule has 148 valence electrons. The summed E-state index contributed by atoms with van der Waals surface area (Å²) >= 11 is 0. The van der Waals surface area contributed by atoms with Gasteiger partial charge in [0, 0.05) is 5.56 Å². The molecule has 2 aromatic rings. The maximum Gasteiger partial charge on any atom is 0.137 e. The molecule has 0 amide bonds. The third kappa shape index (κ3) is 8.03. The average molecular weight is 370 g/mol. The van der Waals surface area contributed by atoms with E-state index in [2.05, 4.69) is 37.9 Å². The van der Waals surface area contributed by atoms with Crippen LogP contribution < -0.4 is 9.47 Å². The molecule has 3 heteroatoms. The predicted octanol–water partition coefficient (Wildman–Crippen LogP) is 6.91. The zero-order chi connectivity index (χ0) is 19.3. The van der Waals surface area contributed by atoms with Gasteiger partial charge in [-0.1, -0.05) is 52.9 Å². The highest BCUT2D eigenvalue weighted by Gasteiger charge is 2.03. The SMILES string of the molecule is CCCCCCCOc1ccc(-c2ccc(OCCC(C)CC)cc2)nc1. The Kier molecular flexibility index (Phi) is 9.75. The molecule has 1 aromatic carbocycles. The fourth-order valence-electron chi connectivity index (χ4n) is 2.84. The summed E-state index contributed by atoms with van der Waals surface area (Å²) in [4.78, 5) is 4.54. The summed E-state index contributed by atoms with van der Waals surface area (Å²) in [7, 11) is 0. The van der Waals surface area contributed by atoms with Crippen LogP contribution in [0.2, 0.25) is 0 Å². The summed E-state index contributed by atoms with van der Waals surface area (Å²) < 4.78 is 11.6. The van der Waals surface area contributed by atoms with Gasteiger partial charge in [0.15, 0.2) is 0 Å². The molecule has 0 radical (unpaired) electrons. The number of aromatic nitrogens is 1. The first-order valence-corrected chi connectivity index (χ1v) is 10.5. The fourth-order valence-corrected chi connectivity index (χ4v) is 2.84. The van der Waals surface area contributed by atoms with E-state index in [1.54, 1.807) is 0 Å². The van der Waals surface area contributed by atoms with Crippen molar-refractivity contribution in [3.63, 3.8) is 0 Å². The van der Waals surface area contributed by atoms with E-state index in [1.165, 1.54) is 32.1 Å². The van der Waals surface area contributed by atoms with E-state index >= 15 is 0 Å². The molecule has 1 aromatic heterocycles. The van der Waals surface area contributed by atoms with E-state index in [0.29, 0.717) is 5.92 Å². The molecule has 0 bridgehead atoms. The van der Waals surface area contributed by atoms with E-state index in [4.69, 9.17) is 9.47 Å². The van der Waals surface area contributed by atoms with Crippen molar-refractivity contribution in [2.45, 2.75) is 65.7 Å². The quantitative estimate of drug-likeness (QED) is 0.359. The number of nitrogens with zero attached hydrogens (tertiary/aromatic N) is 1. The normalized spacial score (nSPS) is 12.0. The van der Waals surface area contributed by atoms with Crippen LogP contribution in [0.15, 0.2) is 42.6 Å². The van der Waals surface area contributed by atoms with Gasteiger partial charge in [-0.25, -0.2) is 0 Å². The molecule has 1 atom stereocenters. The Labute approximate surface area is 165 Å². The topological polar surface area (TPSA) is 31.4 Å². The smallest absolute Gasteiger partial charge is 0.137 e. The van der Waals surface area contributed by atoms with Gasteiger partial charge < -0.3 is 9.47 Å². The third-order valence-electron chi connectivity index (χ3n) is 4.98. The molecule has 0 N–H and O–H groups in total. The molecule has 1 unspecified atom stereocenters. The first-order valence-electron chi connectivity index (χ1n) is 10.5. The summed E-state index contributed by atoms with van der Waals surface area (Å²) in [6, 6.07) is 12.2. The lowest BCUT2D eigenvalue weighted by atomic mass is 10.1. The van der Waals surface area contributed by atoms with Crippen molar-refractivity contribution < 1.29 is 9.47 Å². The molecule has 2 rings (SSSR count). The van der Waals surface area contributed by atoms with Crippen molar-refractivity contribution in [3.05, 3.63) is 42.6 Å². The van der Waals surface area contributed by atoms with Gasteiger partial charge in [-0.15, -0.1) is 0 Å². The van der Waals surface area contributed by atoms with E-state index < -0.39 is 0 Å². The van der Waals surface area contributed by atoms with E-state index in [9.17, 15) is 0 Å². The maximum absolute atomic E-state index is 5.83. The summed E-state index contributed by atoms with van der Waals surface area (Å²) in [6.07, 6.45) is 10.4. The Morgan fingerprint density at radius 3 is 2.19 bits per heavy atom. The molecule has 0 fully saturated rings. The van der Waals surface area contributed by atoms with Crippen LogP contribution in [0, 0.1) is 5.92 Å². The molecular formula is C24H35NO2. The number of rotatable bonds is 13. The number of hydrogen-bond donors (Lipinski definition) is 0. The number of pyridine rings is 1. The van der Waals surface area contributed by atoms with Gasteiger partial charge in [-0.2, -0.15) is 0 Å². The van der Waals surface area contributed by atoms with Crippen molar-refractivity contribution >= 4 is 0 Å². The molecule has 0 spiro atoms. The van der Waals surface area contributed by atoms with Gasteiger partial charge in [-0.3, -0.25) is 4.98 Å². The summed E-state index contributed by atoms with van der Waals surface area (Å²) in [6.45, 7) is 8.26. The maximum atomic E-state index is 5.83. The monoisotopic (exact) mass is 369 g/mol. The van der Waals surface area contributed by atoms with Crippen molar-refractivity contribution in [1.82, 2.24) is 4.98 Å². The second-order valence-electron chi connectivity index (χ2n) is 7.32. The van der Waals surface area contributed by atoms with Crippen molar-refractivity contribution in [1.29, 1.82) is 0 Å². The van der Waals surface area contributed by atoms with E-state index in [-0.39, 0.29) is 0 Å². The zero-order valence-electron chi connectivity index (χ0n) is 17.2. The molecule has 1 heterocycles. The van der Waals surface area contributed by atoms with Gasteiger partial charge >= 0.3 is 0 Å². The number of unbranched alkanes of at least 4 members (excludes halogenated alkanes) is 4. The van der Waals surface area contributed by atoms with Crippen molar-refractivity contribution in [3.8, 4) is 22.8 Å². The minimum atomic E-state index is 0.713. The Hall–Kier alpha value is -2.03. The molecule has 3 nitrogen and oxygen atoms in total. The second-order valence-corrected chi connectivity index (χ2v) is 7.32. The molecule has 0 aliphatic rings. The van der Waals surface area contributed by atoms with Gasteiger partial charge in [0.05, 0.1) is 25.1 Å². The largest absolute Gasteiger partial charge is 0.494 e. The van der Waals surface area contributed by atoms with Crippen LogP contribution in [0.5, 0.6) is 11.5 Å². The summed E-state index contributed by atoms with van der Waals surface area (Å²) in [5.74, 6) is 2.48. The average Bonchev–Trinajstić information content (AvgIpc) is 2.71. The van der Waals surface area contributed by atoms with Crippen LogP contribution in [0.3, 0.4) is 0 Å². The van der Waals surface area contributed by atoms with Gasteiger partial charge in [-0.05, 0) is 55.2 Å². The number of hydrogen-bond acceptors (Lipinski definition) is 3. The molecule has 0 saturated carbocycles. The van der Waals surface area contributed by atoms with Crippen LogP contribution in [0.1, 0.15) is 65.7 Å². The van der Waals surface area contributed by atoms with Crippen LogP contribution in [-0.2, 0) is 0 Å². The predicted molar refractivity (Wildman–Crippen MR) is 113 cm³/mol. The van der Waals surface area contributed by atoms with Gasteiger partial charge in [0.2, 0.25) is 0 Å². The summed E-state index contributed by atoms with van der Waals surface area (Å²) in [5, 5.41) is 0. The lowest BCUT2D eigenvalue weighted by Crippen LogP contribution is -2.03. The fraction of sp³-hybridized carbons (Fsp3) is 0.542. The van der Waals surface area contributed by atoms with E-state index in [0.717, 1.165) is 48.8 Å². The highest BCUT2D eigenvalue weighted by molar-refractivity contribution is 5.60. The summed E-state index contributed by atoms with van der Waals surface area (Å²) in [5.41, 5.74) is 2.05. The second kappa shape index (κ2) is 12.4. The minimum Gasteiger partial charge on any atom is -0.494 e. The van der Waals surface area contributed by atoms with Crippen LogP contribution in [0.4, 0.5) is 0 Å².